The molecule has 1 unspecified atom stereocenters. The highest BCUT2D eigenvalue weighted by Gasteiger charge is 2.26. The summed E-state index contributed by atoms with van der Waals surface area (Å²) in [6.45, 7) is 8.01. The molecule has 0 amide bonds. The smallest absolute Gasteiger partial charge is 0.271 e. The summed E-state index contributed by atoms with van der Waals surface area (Å²) in [5.74, 6) is 0.936. The Bertz CT molecular complexity index is 511. The maximum atomic E-state index is 5.69. The summed E-state index contributed by atoms with van der Waals surface area (Å²) in [6.07, 6.45) is 0. The van der Waals surface area contributed by atoms with Crippen molar-refractivity contribution in [1.29, 1.82) is 0 Å². The molecular weight excluding hydrogens is 238 g/mol. The molecule has 0 saturated heterocycles. The second-order valence-electron chi connectivity index (χ2n) is 4.95. The molecule has 1 atom stereocenters. The monoisotopic (exact) mass is 253 g/mol. The number of aromatic nitrogens is 4. The van der Waals surface area contributed by atoms with E-state index >= 15 is 0 Å². The van der Waals surface area contributed by atoms with E-state index in [2.05, 4.69) is 40.5 Å². The second kappa shape index (κ2) is 4.15. The van der Waals surface area contributed by atoms with Gasteiger partial charge < -0.3 is 10.3 Å². The lowest BCUT2D eigenvalue weighted by molar-refractivity contribution is 0.417. The summed E-state index contributed by atoms with van der Waals surface area (Å²) >= 11 is 1.26. The maximum absolute atomic E-state index is 5.69. The van der Waals surface area contributed by atoms with Crippen LogP contribution in [0.15, 0.2) is 4.52 Å². The van der Waals surface area contributed by atoms with Gasteiger partial charge in [-0.05, 0) is 18.5 Å². The van der Waals surface area contributed by atoms with E-state index in [0.29, 0.717) is 11.7 Å². The van der Waals surface area contributed by atoms with Crippen LogP contribution < -0.4 is 5.73 Å². The highest BCUT2D eigenvalue weighted by atomic mass is 32.1. The Kier molecular flexibility index (Phi) is 2.96. The fourth-order valence-electron chi connectivity index (χ4n) is 1.33. The quantitative estimate of drug-likeness (QED) is 0.879. The van der Waals surface area contributed by atoms with Crippen LogP contribution in [0.3, 0.4) is 0 Å². The highest BCUT2D eigenvalue weighted by Crippen LogP contribution is 2.33. The Balaban J connectivity index is 2.43. The third-order valence-corrected chi connectivity index (χ3v) is 2.96. The highest BCUT2D eigenvalue weighted by molar-refractivity contribution is 7.09. The van der Waals surface area contributed by atoms with Crippen LogP contribution in [0.5, 0.6) is 0 Å². The summed E-state index contributed by atoms with van der Waals surface area (Å²) in [6, 6.07) is -0.244. The van der Waals surface area contributed by atoms with Crippen molar-refractivity contribution in [2.45, 2.75) is 39.2 Å². The first-order chi connectivity index (χ1) is 7.89. The van der Waals surface area contributed by atoms with Crippen LogP contribution in [0.25, 0.3) is 10.8 Å². The second-order valence-corrected chi connectivity index (χ2v) is 5.70. The Labute approximate surface area is 103 Å². The molecule has 7 heteroatoms. The van der Waals surface area contributed by atoms with Gasteiger partial charge in [-0.3, -0.25) is 0 Å². The summed E-state index contributed by atoms with van der Waals surface area (Å²) < 4.78 is 9.15. The Morgan fingerprint density at radius 2 is 2.06 bits per heavy atom. The molecule has 0 aliphatic carbocycles. The van der Waals surface area contributed by atoms with Gasteiger partial charge in [0.2, 0.25) is 0 Å². The van der Waals surface area contributed by atoms with Gasteiger partial charge in [-0.15, -0.1) is 5.10 Å². The fraction of sp³-hybridized carbons (Fsp3) is 0.600. The third-order valence-electron chi connectivity index (χ3n) is 2.24. The molecule has 17 heavy (non-hydrogen) atoms. The minimum absolute atomic E-state index is 0.106. The van der Waals surface area contributed by atoms with E-state index in [1.807, 2.05) is 6.92 Å². The summed E-state index contributed by atoms with van der Waals surface area (Å²) in [4.78, 5) is 5.07. The van der Waals surface area contributed by atoms with E-state index in [9.17, 15) is 0 Å². The van der Waals surface area contributed by atoms with E-state index in [0.717, 1.165) is 10.6 Å². The molecule has 0 aliphatic heterocycles. The largest absolute Gasteiger partial charge is 0.333 e. The molecule has 0 radical (unpaired) electrons. The van der Waals surface area contributed by atoms with Crippen molar-refractivity contribution in [3.05, 3.63) is 11.5 Å². The van der Waals surface area contributed by atoms with Crippen LogP contribution in [0.2, 0.25) is 0 Å². The minimum Gasteiger partial charge on any atom is -0.333 e. The van der Waals surface area contributed by atoms with Crippen LogP contribution >= 0.6 is 11.5 Å². The lowest BCUT2D eigenvalue weighted by Gasteiger charge is -2.14. The number of hydrogen-bond donors (Lipinski definition) is 1. The van der Waals surface area contributed by atoms with E-state index in [4.69, 9.17) is 10.3 Å². The van der Waals surface area contributed by atoms with E-state index in [1.54, 1.807) is 0 Å². The predicted molar refractivity (Wildman–Crippen MR) is 64.5 cm³/mol. The Morgan fingerprint density at radius 1 is 1.35 bits per heavy atom. The first-order valence-electron chi connectivity index (χ1n) is 5.32. The van der Waals surface area contributed by atoms with Gasteiger partial charge in [-0.2, -0.15) is 4.98 Å². The van der Waals surface area contributed by atoms with E-state index in [-0.39, 0.29) is 11.5 Å². The van der Waals surface area contributed by atoms with Crippen molar-refractivity contribution in [3.8, 4) is 10.8 Å². The molecule has 0 bridgehead atoms. The van der Waals surface area contributed by atoms with Crippen molar-refractivity contribution in [1.82, 2.24) is 19.7 Å². The van der Waals surface area contributed by atoms with Gasteiger partial charge in [0.1, 0.15) is 4.88 Å². The lowest BCUT2D eigenvalue weighted by atomic mass is 9.91. The van der Waals surface area contributed by atoms with Crippen molar-refractivity contribution in [2.75, 3.05) is 0 Å². The standard InChI is InChI=1S/C10H15N5OS/c1-5(11)8-12-9(16-14-8)6-7(10(2,3)4)13-15-17-6/h5H,11H2,1-4H3. The van der Waals surface area contributed by atoms with Crippen LogP contribution in [-0.2, 0) is 5.41 Å². The van der Waals surface area contributed by atoms with Crippen molar-refractivity contribution in [3.63, 3.8) is 0 Å². The van der Waals surface area contributed by atoms with Gasteiger partial charge in [0.25, 0.3) is 5.89 Å². The van der Waals surface area contributed by atoms with Crippen LogP contribution in [0.4, 0.5) is 0 Å². The summed E-state index contributed by atoms with van der Waals surface area (Å²) in [5, 5.41) is 7.96. The SMILES string of the molecule is CC(N)c1noc(-c2snnc2C(C)(C)C)n1. The first kappa shape index (κ1) is 12.1. The average molecular weight is 253 g/mol. The zero-order chi connectivity index (χ0) is 12.6. The molecule has 2 aromatic heterocycles. The third kappa shape index (κ3) is 2.34. The Hall–Kier alpha value is -1.34. The molecule has 0 fully saturated rings. The molecule has 2 rings (SSSR count). The van der Waals surface area contributed by atoms with Crippen LogP contribution in [0, 0.1) is 0 Å². The van der Waals surface area contributed by atoms with Gasteiger partial charge in [-0.1, -0.05) is 30.4 Å². The van der Waals surface area contributed by atoms with Gasteiger partial charge >= 0.3 is 0 Å². The normalized spacial score (nSPS) is 13.9. The number of nitrogens with zero attached hydrogens (tertiary/aromatic N) is 4. The molecule has 0 aromatic carbocycles. The molecule has 2 aromatic rings. The number of hydrogen-bond acceptors (Lipinski definition) is 7. The predicted octanol–water partition coefficient (Wildman–Crippen LogP) is 1.91. The molecular formula is C10H15N5OS. The van der Waals surface area contributed by atoms with Gasteiger partial charge in [0.15, 0.2) is 5.82 Å². The van der Waals surface area contributed by atoms with Crippen LogP contribution in [0.1, 0.15) is 45.3 Å². The van der Waals surface area contributed by atoms with E-state index in [1.165, 1.54) is 11.5 Å². The van der Waals surface area contributed by atoms with Gasteiger partial charge in [0, 0.05) is 5.41 Å². The molecule has 2 N–H and O–H groups in total. The van der Waals surface area contributed by atoms with E-state index < -0.39 is 0 Å². The molecule has 0 aliphatic rings. The maximum Gasteiger partial charge on any atom is 0.271 e. The fourth-order valence-corrected chi connectivity index (χ4v) is 2.13. The zero-order valence-electron chi connectivity index (χ0n) is 10.3. The van der Waals surface area contributed by atoms with Crippen molar-refractivity contribution >= 4 is 11.5 Å². The summed E-state index contributed by atoms with van der Waals surface area (Å²) in [5.41, 5.74) is 6.45. The average Bonchev–Trinajstić information content (AvgIpc) is 2.85. The van der Waals surface area contributed by atoms with Gasteiger partial charge in [0.05, 0.1) is 11.7 Å². The summed E-state index contributed by atoms with van der Waals surface area (Å²) in [7, 11) is 0. The van der Waals surface area contributed by atoms with Crippen molar-refractivity contribution in [2.24, 2.45) is 5.73 Å². The van der Waals surface area contributed by atoms with Crippen molar-refractivity contribution < 1.29 is 4.52 Å². The molecule has 0 spiro atoms. The topological polar surface area (TPSA) is 90.7 Å². The lowest BCUT2D eigenvalue weighted by Crippen LogP contribution is -2.13. The zero-order valence-corrected chi connectivity index (χ0v) is 11.1. The first-order valence-corrected chi connectivity index (χ1v) is 6.09. The molecule has 0 saturated carbocycles. The molecule has 2 heterocycles. The van der Waals surface area contributed by atoms with Crippen LogP contribution in [-0.4, -0.2) is 19.7 Å². The molecule has 6 nitrogen and oxygen atoms in total. The Morgan fingerprint density at radius 3 is 2.59 bits per heavy atom. The number of nitrogens with two attached hydrogens (primary N) is 1. The minimum atomic E-state index is -0.244. The van der Waals surface area contributed by atoms with Gasteiger partial charge in [-0.25, -0.2) is 0 Å². The number of rotatable bonds is 2. The molecule has 92 valence electrons.